The van der Waals surface area contributed by atoms with Gasteiger partial charge in [0.15, 0.2) is 5.96 Å². The molecule has 1 heterocycles. The summed E-state index contributed by atoms with van der Waals surface area (Å²) in [6, 6.07) is 0.0479. The minimum atomic E-state index is -4.06. The predicted octanol–water partition coefficient (Wildman–Crippen LogP) is 2.48. The van der Waals surface area contributed by atoms with Gasteiger partial charge in [0.25, 0.3) is 0 Å². The maximum atomic E-state index is 12.7. The molecule has 0 radical (unpaired) electrons. The number of nitrogens with one attached hydrogen (secondary N) is 2. The fourth-order valence-electron chi connectivity index (χ4n) is 2.83. The number of hydrogen-bond acceptors (Lipinski definition) is 2. The van der Waals surface area contributed by atoms with Crippen molar-refractivity contribution in [2.24, 2.45) is 10.9 Å². The summed E-state index contributed by atoms with van der Waals surface area (Å²) in [6.45, 7) is 3.34. The Labute approximate surface area is 134 Å². The first-order valence-electron chi connectivity index (χ1n) is 7.91. The van der Waals surface area contributed by atoms with E-state index in [1.54, 1.807) is 13.2 Å². The van der Waals surface area contributed by atoms with E-state index in [2.05, 4.69) is 20.7 Å². The zero-order valence-electron chi connectivity index (χ0n) is 13.5. The Balaban J connectivity index is 1.71. The molecule has 1 aromatic heterocycles. The second kappa shape index (κ2) is 7.70. The molecule has 0 amide bonds. The summed E-state index contributed by atoms with van der Waals surface area (Å²) >= 11 is 0. The lowest BCUT2D eigenvalue weighted by atomic mass is 9.85. The SMILES string of the molecule is CN=C(NCCn1cc(C)cn1)NC1CCC(C(F)(F)F)CC1. The van der Waals surface area contributed by atoms with E-state index in [0.29, 0.717) is 31.9 Å². The number of aryl methyl sites for hydroxylation is 1. The average molecular weight is 331 g/mol. The van der Waals surface area contributed by atoms with Crippen molar-refractivity contribution in [3.05, 3.63) is 18.0 Å². The van der Waals surface area contributed by atoms with Crippen LogP contribution in [0, 0.1) is 12.8 Å². The number of hydrogen-bond donors (Lipinski definition) is 2. The highest BCUT2D eigenvalue weighted by atomic mass is 19.4. The molecule has 5 nitrogen and oxygen atoms in total. The summed E-state index contributed by atoms with van der Waals surface area (Å²) < 4.78 is 39.8. The van der Waals surface area contributed by atoms with E-state index in [0.717, 1.165) is 5.56 Å². The quantitative estimate of drug-likeness (QED) is 0.658. The highest BCUT2D eigenvalue weighted by Gasteiger charge is 2.41. The lowest BCUT2D eigenvalue weighted by molar-refractivity contribution is -0.182. The van der Waals surface area contributed by atoms with Crippen LogP contribution in [0.2, 0.25) is 0 Å². The van der Waals surface area contributed by atoms with Gasteiger partial charge in [-0.2, -0.15) is 18.3 Å². The Morgan fingerprint density at radius 3 is 2.57 bits per heavy atom. The Kier molecular flexibility index (Phi) is 5.90. The lowest BCUT2D eigenvalue weighted by Crippen LogP contribution is -2.46. The number of rotatable bonds is 4. The summed E-state index contributed by atoms with van der Waals surface area (Å²) in [7, 11) is 1.66. The van der Waals surface area contributed by atoms with Crippen molar-refractivity contribution < 1.29 is 13.2 Å². The molecule has 1 aliphatic rings. The monoisotopic (exact) mass is 331 g/mol. The molecule has 0 aromatic carbocycles. The molecule has 2 N–H and O–H groups in total. The van der Waals surface area contributed by atoms with Crippen molar-refractivity contribution in [2.75, 3.05) is 13.6 Å². The van der Waals surface area contributed by atoms with Gasteiger partial charge in [-0.25, -0.2) is 0 Å². The predicted molar refractivity (Wildman–Crippen MR) is 83.3 cm³/mol. The fourth-order valence-corrected chi connectivity index (χ4v) is 2.83. The molecule has 0 bridgehead atoms. The summed E-state index contributed by atoms with van der Waals surface area (Å²) in [5.74, 6) is -0.525. The van der Waals surface area contributed by atoms with Crippen LogP contribution in [0.1, 0.15) is 31.2 Å². The number of alkyl halides is 3. The highest BCUT2D eigenvalue weighted by Crippen LogP contribution is 2.37. The van der Waals surface area contributed by atoms with E-state index >= 15 is 0 Å². The lowest BCUT2D eigenvalue weighted by Gasteiger charge is -2.31. The molecule has 130 valence electrons. The van der Waals surface area contributed by atoms with Crippen LogP contribution in [0.3, 0.4) is 0 Å². The van der Waals surface area contributed by atoms with E-state index in [4.69, 9.17) is 0 Å². The van der Waals surface area contributed by atoms with Crippen LogP contribution in [-0.2, 0) is 6.54 Å². The normalized spacial score (nSPS) is 22.9. The van der Waals surface area contributed by atoms with Crippen molar-refractivity contribution in [2.45, 2.75) is 51.4 Å². The maximum Gasteiger partial charge on any atom is 0.391 e. The first-order valence-corrected chi connectivity index (χ1v) is 7.91. The van der Waals surface area contributed by atoms with Gasteiger partial charge in [-0.15, -0.1) is 0 Å². The fraction of sp³-hybridized carbons (Fsp3) is 0.733. The van der Waals surface area contributed by atoms with Crippen LogP contribution in [0.15, 0.2) is 17.4 Å². The molecule has 1 saturated carbocycles. The third-order valence-corrected chi connectivity index (χ3v) is 4.15. The van der Waals surface area contributed by atoms with Crippen molar-refractivity contribution in [1.29, 1.82) is 0 Å². The zero-order chi connectivity index (χ0) is 16.9. The topological polar surface area (TPSA) is 54.2 Å². The Bertz CT molecular complexity index is 515. The smallest absolute Gasteiger partial charge is 0.355 e. The van der Waals surface area contributed by atoms with Crippen molar-refractivity contribution in [3.8, 4) is 0 Å². The van der Waals surface area contributed by atoms with Gasteiger partial charge < -0.3 is 10.6 Å². The van der Waals surface area contributed by atoms with E-state index in [-0.39, 0.29) is 18.9 Å². The van der Waals surface area contributed by atoms with E-state index < -0.39 is 12.1 Å². The Hall–Kier alpha value is -1.73. The largest absolute Gasteiger partial charge is 0.391 e. The molecular formula is C15H24F3N5. The van der Waals surface area contributed by atoms with E-state index in [1.165, 1.54) is 0 Å². The molecule has 0 spiro atoms. The van der Waals surface area contributed by atoms with Crippen molar-refractivity contribution in [3.63, 3.8) is 0 Å². The Morgan fingerprint density at radius 1 is 1.35 bits per heavy atom. The van der Waals surface area contributed by atoms with Crippen LogP contribution in [0.5, 0.6) is 0 Å². The minimum Gasteiger partial charge on any atom is -0.355 e. The van der Waals surface area contributed by atoms with E-state index in [1.807, 2.05) is 17.8 Å². The van der Waals surface area contributed by atoms with E-state index in [9.17, 15) is 13.2 Å². The zero-order valence-corrected chi connectivity index (χ0v) is 13.5. The first-order chi connectivity index (χ1) is 10.9. The summed E-state index contributed by atoms with van der Waals surface area (Å²) in [6.07, 6.45) is 1.09. The third kappa shape index (κ3) is 5.44. The number of aliphatic imine (C=N–C) groups is 1. The molecule has 0 aliphatic heterocycles. The second-order valence-corrected chi connectivity index (χ2v) is 6.01. The maximum absolute atomic E-state index is 12.7. The van der Waals surface area contributed by atoms with Crippen LogP contribution in [-0.4, -0.2) is 41.6 Å². The van der Waals surface area contributed by atoms with Gasteiger partial charge in [0, 0.05) is 25.8 Å². The van der Waals surface area contributed by atoms with Gasteiger partial charge >= 0.3 is 6.18 Å². The van der Waals surface area contributed by atoms with Crippen LogP contribution in [0.4, 0.5) is 13.2 Å². The molecule has 23 heavy (non-hydrogen) atoms. The molecule has 0 atom stereocenters. The number of halogens is 3. The molecule has 8 heteroatoms. The molecule has 0 unspecified atom stereocenters. The summed E-state index contributed by atoms with van der Waals surface area (Å²) in [5.41, 5.74) is 1.11. The van der Waals surface area contributed by atoms with Crippen molar-refractivity contribution >= 4 is 5.96 Å². The van der Waals surface area contributed by atoms with Crippen LogP contribution < -0.4 is 10.6 Å². The molecule has 1 aromatic rings. The number of aromatic nitrogens is 2. The van der Waals surface area contributed by atoms with Crippen LogP contribution in [0.25, 0.3) is 0 Å². The van der Waals surface area contributed by atoms with Gasteiger partial charge in [0.05, 0.1) is 18.7 Å². The summed E-state index contributed by atoms with van der Waals surface area (Å²) in [4.78, 5) is 4.13. The number of guanidine groups is 1. The first kappa shape index (κ1) is 17.6. The Morgan fingerprint density at radius 2 is 2.04 bits per heavy atom. The highest BCUT2D eigenvalue weighted by molar-refractivity contribution is 5.79. The minimum absolute atomic E-state index is 0.0479. The van der Waals surface area contributed by atoms with Gasteiger partial charge in [0.1, 0.15) is 0 Å². The summed E-state index contributed by atoms with van der Waals surface area (Å²) in [5, 5.41) is 10.6. The molecule has 2 rings (SSSR count). The van der Waals surface area contributed by atoms with Gasteiger partial charge in [-0.1, -0.05) is 0 Å². The van der Waals surface area contributed by atoms with Gasteiger partial charge in [0.2, 0.25) is 0 Å². The molecule has 1 fully saturated rings. The average Bonchev–Trinajstić information content (AvgIpc) is 2.91. The number of nitrogens with zero attached hydrogens (tertiary/aromatic N) is 3. The standard InChI is InChI=1S/C15H24F3N5/c1-11-9-21-23(10-11)8-7-20-14(19-2)22-13-5-3-12(4-6-13)15(16,17)18/h9-10,12-13H,3-8H2,1-2H3,(H2,19,20,22). The van der Waals surface area contributed by atoms with Gasteiger partial charge in [-0.3, -0.25) is 9.67 Å². The molecule has 0 saturated heterocycles. The molecular weight excluding hydrogens is 307 g/mol. The molecule has 1 aliphatic carbocycles. The van der Waals surface area contributed by atoms with Gasteiger partial charge in [-0.05, 0) is 38.2 Å². The van der Waals surface area contributed by atoms with Crippen LogP contribution >= 0.6 is 0 Å². The van der Waals surface area contributed by atoms with Crippen molar-refractivity contribution in [1.82, 2.24) is 20.4 Å². The second-order valence-electron chi connectivity index (χ2n) is 6.01. The third-order valence-electron chi connectivity index (χ3n) is 4.15.